The van der Waals surface area contributed by atoms with Gasteiger partial charge in [-0.3, -0.25) is 9.59 Å². The first-order valence-corrected chi connectivity index (χ1v) is 14.0. The van der Waals surface area contributed by atoms with E-state index in [0.717, 1.165) is 41.7 Å². The molecule has 1 N–H and O–H groups in total. The molecular formula is C30H33ClN2O2S. The molecule has 0 aliphatic heterocycles. The van der Waals surface area contributed by atoms with Gasteiger partial charge in [-0.15, -0.1) is 11.8 Å². The van der Waals surface area contributed by atoms with Gasteiger partial charge in [0.1, 0.15) is 6.04 Å². The summed E-state index contributed by atoms with van der Waals surface area (Å²) in [6, 6.07) is 27.2. The monoisotopic (exact) mass is 520 g/mol. The van der Waals surface area contributed by atoms with E-state index >= 15 is 0 Å². The van der Waals surface area contributed by atoms with Crippen molar-refractivity contribution in [2.45, 2.75) is 62.0 Å². The normalized spacial score (nSPS) is 14.4. The predicted molar refractivity (Wildman–Crippen MR) is 148 cm³/mol. The number of carbonyl (C=O) groups excluding carboxylic acids is 2. The molecule has 0 heterocycles. The van der Waals surface area contributed by atoms with Crippen LogP contribution in [0.15, 0.2) is 89.8 Å². The first-order chi connectivity index (χ1) is 17.6. The van der Waals surface area contributed by atoms with E-state index in [1.807, 2.05) is 84.9 Å². The zero-order valence-electron chi connectivity index (χ0n) is 20.4. The molecular weight excluding hydrogens is 488 g/mol. The highest BCUT2D eigenvalue weighted by Gasteiger charge is 2.32. The molecule has 0 saturated heterocycles. The predicted octanol–water partition coefficient (Wildman–Crippen LogP) is 6.52. The van der Waals surface area contributed by atoms with E-state index in [4.69, 9.17) is 11.6 Å². The van der Waals surface area contributed by atoms with Crippen molar-refractivity contribution in [1.29, 1.82) is 0 Å². The zero-order valence-corrected chi connectivity index (χ0v) is 22.0. The largest absolute Gasteiger partial charge is 0.352 e. The first kappa shape index (κ1) is 26.3. The average molecular weight is 521 g/mol. The van der Waals surface area contributed by atoms with Crippen LogP contribution in [0.2, 0.25) is 5.02 Å². The molecule has 1 saturated carbocycles. The van der Waals surface area contributed by atoms with Crippen LogP contribution in [0, 0.1) is 0 Å². The molecule has 0 unspecified atom stereocenters. The second-order valence-electron chi connectivity index (χ2n) is 9.26. The molecule has 0 bridgehead atoms. The fraction of sp³-hybridized carbons (Fsp3) is 0.333. The minimum absolute atomic E-state index is 0.0177. The second kappa shape index (κ2) is 13.5. The zero-order chi connectivity index (χ0) is 25.2. The highest BCUT2D eigenvalue weighted by Crippen LogP contribution is 2.23. The van der Waals surface area contributed by atoms with Gasteiger partial charge in [0.15, 0.2) is 0 Å². The van der Waals surface area contributed by atoms with Crippen LogP contribution in [0.5, 0.6) is 0 Å². The third kappa shape index (κ3) is 7.87. The van der Waals surface area contributed by atoms with Crippen LogP contribution in [-0.2, 0) is 22.6 Å². The number of halogens is 1. The quantitative estimate of drug-likeness (QED) is 0.293. The Hall–Kier alpha value is -2.76. The van der Waals surface area contributed by atoms with Crippen molar-refractivity contribution >= 4 is 35.2 Å². The maximum absolute atomic E-state index is 13.7. The summed E-state index contributed by atoms with van der Waals surface area (Å²) >= 11 is 7.76. The van der Waals surface area contributed by atoms with Gasteiger partial charge in [-0.1, -0.05) is 85.1 Å². The van der Waals surface area contributed by atoms with Gasteiger partial charge in [0.2, 0.25) is 11.8 Å². The third-order valence-corrected chi connectivity index (χ3v) is 7.83. The van der Waals surface area contributed by atoms with Gasteiger partial charge >= 0.3 is 0 Å². The highest BCUT2D eigenvalue weighted by atomic mass is 35.5. The lowest BCUT2D eigenvalue weighted by Crippen LogP contribution is -2.52. The van der Waals surface area contributed by atoms with Crippen molar-refractivity contribution in [3.63, 3.8) is 0 Å². The molecule has 1 aliphatic rings. The third-order valence-electron chi connectivity index (χ3n) is 6.57. The molecule has 6 heteroatoms. The molecule has 0 spiro atoms. The molecule has 36 heavy (non-hydrogen) atoms. The fourth-order valence-electron chi connectivity index (χ4n) is 4.62. The minimum atomic E-state index is -0.585. The lowest BCUT2D eigenvalue weighted by atomic mass is 10.0. The Morgan fingerprint density at radius 3 is 2.19 bits per heavy atom. The fourth-order valence-corrected chi connectivity index (χ4v) is 5.61. The molecule has 4 rings (SSSR count). The van der Waals surface area contributed by atoms with E-state index < -0.39 is 6.04 Å². The summed E-state index contributed by atoms with van der Waals surface area (Å²) in [4.78, 5) is 30.2. The number of rotatable bonds is 11. The summed E-state index contributed by atoms with van der Waals surface area (Å²) in [6.45, 7) is 0.363. The molecule has 3 aromatic carbocycles. The van der Waals surface area contributed by atoms with E-state index in [9.17, 15) is 9.59 Å². The van der Waals surface area contributed by atoms with Gasteiger partial charge in [0.05, 0.1) is 0 Å². The minimum Gasteiger partial charge on any atom is -0.352 e. The first-order valence-electron chi connectivity index (χ1n) is 12.6. The molecule has 2 amide bonds. The number of amides is 2. The Bertz CT molecular complexity index is 1100. The Labute approximate surface area is 223 Å². The van der Waals surface area contributed by atoms with Crippen LogP contribution >= 0.6 is 23.4 Å². The maximum Gasteiger partial charge on any atom is 0.243 e. The van der Waals surface area contributed by atoms with Crippen molar-refractivity contribution in [2.24, 2.45) is 0 Å². The van der Waals surface area contributed by atoms with Crippen molar-refractivity contribution < 1.29 is 9.59 Å². The van der Waals surface area contributed by atoms with E-state index in [1.54, 1.807) is 16.7 Å². The van der Waals surface area contributed by atoms with Gasteiger partial charge in [0.25, 0.3) is 0 Å². The molecule has 3 aromatic rings. The maximum atomic E-state index is 13.7. The molecule has 4 nitrogen and oxygen atoms in total. The number of nitrogens with zero attached hydrogens (tertiary/aromatic N) is 1. The summed E-state index contributed by atoms with van der Waals surface area (Å²) in [7, 11) is 0. The summed E-state index contributed by atoms with van der Waals surface area (Å²) in [6.07, 6.45) is 5.11. The lowest BCUT2D eigenvalue weighted by Gasteiger charge is -2.32. The Morgan fingerprint density at radius 1 is 0.889 bits per heavy atom. The summed E-state index contributed by atoms with van der Waals surface area (Å²) in [5, 5.41) is 3.90. The number of thioether (sulfide) groups is 1. The van der Waals surface area contributed by atoms with Crippen LogP contribution in [-0.4, -0.2) is 34.6 Å². The molecule has 1 aliphatic carbocycles. The Morgan fingerprint density at radius 2 is 1.53 bits per heavy atom. The van der Waals surface area contributed by atoms with Crippen molar-refractivity contribution in [3.05, 3.63) is 101 Å². The smallest absolute Gasteiger partial charge is 0.243 e. The van der Waals surface area contributed by atoms with Crippen molar-refractivity contribution in [2.75, 3.05) is 5.75 Å². The Kier molecular flexibility index (Phi) is 9.88. The van der Waals surface area contributed by atoms with Gasteiger partial charge in [0, 0.05) is 41.1 Å². The number of benzene rings is 3. The van der Waals surface area contributed by atoms with Crippen molar-refractivity contribution in [1.82, 2.24) is 10.2 Å². The SMILES string of the molecule is O=C(NC1CCCC1)[C@@H](Cc1ccccc1)N(Cc1ccc(Cl)cc1)C(=O)CCSc1ccccc1. The van der Waals surface area contributed by atoms with Crippen molar-refractivity contribution in [3.8, 4) is 0 Å². The molecule has 1 fully saturated rings. The van der Waals surface area contributed by atoms with Gasteiger partial charge in [-0.05, 0) is 48.2 Å². The number of nitrogens with one attached hydrogen (secondary N) is 1. The van der Waals surface area contributed by atoms with E-state index in [2.05, 4.69) is 5.32 Å². The summed E-state index contributed by atoms with van der Waals surface area (Å²) in [5.41, 5.74) is 1.99. The average Bonchev–Trinajstić information content (AvgIpc) is 3.41. The van der Waals surface area contributed by atoms with Crippen LogP contribution in [0.4, 0.5) is 0 Å². The van der Waals surface area contributed by atoms with Gasteiger partial charge in [-0.2, -0.15) is 0 Å². The second-order valence-corrected chi connectivity index (χ2v) is 10.9. The van der Waals surface area contributed by atoms with Gasteiger partial charge in [-0.25, -0.2) is 0 Å². The van der Waals surface area contributed by atoms with Crippen LogP contribution in [0.1, 0.15) is 43.2 Å². The summed E-state index contributed by atoms with van der Waals surface area (Å²) < 4.78 is 0. The number of hydrogen-bond acceptors (Lipinski definition) is 3. The van der Waals surface area contributed by atoms with Crippen LogP contribution in [0.25, 0.3) is 0 Å². The highest BCUT2D eigenvalue weighted by molar-refractivity contribution is 7.99. The van der Waals surface area contributed by atoms with E-state index in [1.165, 1.54) is 0 Å². The molecule has 1 atom stereocenters. The van der Waals surface area contributed by atoms with E-state index in [-0.39, 0.29) is 17.9 Å². The van der Waals surface area contributed by atoms with Crippen LogP contribution in [0.3, 0.4) is 0 Å². The standard InChI is InChI=1S/C30H33ClN2O2S/c31-25-17-15-24(16-18-25)22-33(29(34)19-20-36-27-13-5-2-6-14-27)28(21-23-9-3-1-4-10-23)30(35)32-26-11-7-8-12-26/h1-6,9-10,13-18,26,28H,7-8,11-12,19-22H2,(H,32,35)/t28-/m1/s1. The number of hydrogen-bond donors (Lipinski definition) is 1. The number of carbonyl (C=O) groups is 2. The van der Waals surface area contributed by atoms with E-state index in [0.29, 0.717) is 30.2 Å². The summed E-state index contributed by atoms with van der Waals surface area (Å²) in [5.74, 6) is 0.571. The van der Waals surface area contributed by atoms with Gasteiger partial charge < -0.3 is 10.2 Å². The molecule has 0 radical (unpaired) electrons. The van der Waals surface area contributed by atoms with Crippen LogP contribution < -0.4 is 5.32 Å². The molecule has 188 valence electrons. The Balaban J connectivity index is 1.56. The lowest BCUT2D eigenvalue weighted by molar-refractivity contribution is -0.141. The molecule has 0 aromatic heterocycles. The topological polar surface area (TPSA) is 49.4 Å².